The molecule has 1 unspecified atom stereocenters. The lowest BCUT2D eigenvalue weighted by atomic mass is 9.83. The van der Waals surface area contributed by atoms with Crippen molar-refractivity contribution in [2.45, 2.75) is 71.4 Å². The van der Waals surface area contributed by atoms with Crippen LogP contribution in [-0.2, 0) is 4.79 Å². The Hall–Kier alpha value is -0.570. The average molecular weight is 254 g/mol. The Bertz CT molecular complexity index is 259. The summed E-state index contributed by atoms with van der Waals surface area (Å²) in [4.78, 5) is 14.2. The van der Waals surface area contributed by atoms with Crippen molar-refractivity contribution in [1.82, 2.24) is 4.90 Å². The summed E-state index contributed by atoms with van der Waals surface area (Å²) in [7, 11) is 1.93. The van der Waals surface area contributed by atoms with Gasteiger partial charge in [-0.3, -0.25) is 4.79 Å². The molecule has 0 bridgehead atoms. The van der Waals surface area contributed by atoms with Crippen molar-refractivity contribution in [3.05, 3.63) is 0 Å². The molecule has 18 heavy (non-hydrogen) atoms. The third-order valence-electron chi connectivity index (χ3n) is 4.83. The van der Waals surface area contributed by atoms with Crippen LogP contribution < -0.4 is 5.73 Å². The zero-order valence-corrected chi connectivity index (χ0v) is 12.5. The maximum Gasteiger partial charge on any atom is 0.239 e. The molecule has 0 radical (unpaired) electrons. The lowest BCUT2D eigenvalue weighted by Crippen LogP contribution is -2.50. The van der Waals surface area contributed by atoms with Gasteiger partial charge in [-0.25, -0.2) is 0 Å². The molecule has 1 saturated carbocycles. The van der Waals surface area contributed by atoms with Crippen LogP contribution in [0.4, 0.5) is 0 Å². The molecule has 0 aliphatic heterocycles. The van der Waals surface area contributed by atoms with Gasteiger partial charge in [0.05, 0.1) is 6.04 Å². The maximum absolute atomic E-state index is 12.3. The van der Waals surface area contributed by atoms with Crippen molar-refractivity contribution >= 4 is 5.91 Å². The fourth-order valence-corrected chi connectivity index (χ4v) is 2.85. The molecule has 0 aromatic heterocycles. The second kappa shape index (κ2) is 7.13. The zero-order chi connectivity index (χ0) is 13.7. The number of amides is 1. The van der Waals surface area contributed by atoms with Gasteiger partial charge >= 0.3 is 0 Å². The lowest BCUT2D eigenvalue weighted by molar-refractivity contribution is -0.135. The van der Waals surface area contributed by atoms with Crippen LogP contribution >= 0.6 is 0 Å². The molecule has 1 aliphatic rings. The molecule has 2 atom stereocenters. The molecular formula is C15H30N2O. The maximum atomic E-state index is 12.3. The van der Waals surface area contributed by atoms with Gasteiger partial charge in [0.1, 0.15) is 0 Å². The van der Waals surface area contributed by atoms with Crippen LogP contribution in [0.25, 0.3) is 0 Å². The normalized spacial score (nSPS) is 27.6. The molecule has 0 spiro atoms. The summed E-state index contributed by atoms with van der Waals surface area (Å²) in [5.41, 5.74) is 6.04. The van der Waals surface area contributed by atoms with E-state index >= 15 is 0 Å². The highest BCUT2D eigenvalue weighted by Crippen LogP contribution is 2.29. The second-order valence-electron chi connectivity index (χ2n) is 5.94. The number of hydrogen-bond acceptors (Lipinski definition) is 2. The molecule has 1 rings (SSSR count). The van der Waals surface area contributed by atoms with Gasteiger partial charge in [-0.2, -0.15) is 0 Å². The molecule has 3 nitrogen and oxygen atoms in total. The van der Waals surface area contributed by atoms with Crippen LogP contribution in [-0.4, -0.2) is 29.9 Å². The first-order chi connectivity index (χ1) is 8.51. The fourth-order valence-electron chi connectivity index (χ4n) is 2.85. The van der Waals surface area contributed by atoms with Crippen molar-refractivity contribution in [1.29, 1.82) is 0 Å². The Morgan fingerprint density at radius 3 is 2.28 bits per heavy atom. The standard InChI is InChI=1S/C15H30N2O/c1-5-11(3)14(16)15(18)17(4)13-9-7-12(6-2)8-10-13/h11-14H,5-10,16H2,1-4H3/t11?,12?,13?,14-/m0/s1. The van der Waals surface area contributed by atoms with E-state index in [4.69, 9.17) is 5.73 Å². The Labute approximate surface area is 112 Å². The van der Waals surface area contributed by atoms with E-state index in [1.807, 2.05) is 11.9 Å². The van der Waals surface area contributed by atoms with Crippen LogP contribution in [0.2, 0.25) is 0 Å². The average Bonchev–Trinajstić information content (AvgIpc) is 2.44. The molecule has 1 fully saturated rings. The van der Waals surface area contributed by atoms with Crippen LogP contribution in [0.5, 0.6) is 0 Å². The van der Waals surface area contributed by atoms with Gasteiger partial charge in [-0.1, -0.05) is 33.6 Å². The van der Waals surface area contributed by atoms with E-state index in [0.29, 0.717) is 6.04 Å². The zero-order valence-electron chi connectivity index (χ0n) is 12.5. The number of nitrogens with zero attached hydrogens (tertiary/aromatic N) is 1. The molecule has 106 valence electrons. The van der Waals surface area contributed by atoms with E-state index in [-0.39, 0.29) is 17.9 Å². The summed E-state index contributed by atoms with van der Waals surface area (Å²) in [6.45, 7) is 6.41. The van der Waals surface area contributed by atoms with E-state index in [1.165, 1.54) is 19.3 Å². The number of rotatable bonds is 5. The Kier molecular flexibility index (Phi) is 6.13. The predicted octanol–water partition coefficient (Wildman–Crippen LogP) is 2.79. The van der Waals surface area contributed by atoms with Crippen LogP contribution in [0, 0.1) is 11.8 Å². The third kappa shape index (κ3) is 3.71. The fraction of sp³-hybridized carbons (Fsp3) is 0.933. The first-order valence-electron chi connectivity index (χ1n) is 7.53. The Morgan fingerprint density at radius 2 is 1.83 bits per heavy atom. The van der Waals surface area contributed by atoms with Crippen molar-refractivity contribution in [2.24, 2.45) is 17.6 Å². The molecule has 0 aromatic rings. The summed E-state index contributed by atoms with van der Waals surface area (Å²) >= 11 is 0. The van der Waals surface area contributed by atoms with Crippen molar-refractivity contribution in [3.63, 3.8) is 0 Å². The number of carbonyl (C=O) groups is 1. The SMILES string of the molecule is CCC1CCC(N(C)C(=O)[C@@H](N)C(C)CC)CC1. The topological polar surface area (TPSA) is 46.3 Å². The first-order valence-corrected chi connectivity index (χ1v) is 7.53. The largest absolute Gasteiger partial charge is 0.341 e. The lowest BCUT2D eigenvalue weighted by Gasteiger charge is -2.36. The minimum Gasteiger partial charge on any atom is -0.341 e. The third-order valence-corrected chi connectivity index (χ3v) is 4.83. The molecule has 0 heterocycles. The minimum atomic E-state index is -0.330. The van der Waals surface area contributed by atoms with Gasteiger partial charge in [0.15, 0.2) is 0 Å². The molecular weight excluding hydrogens is 224 g/mol. The molecule has 3 heteroatoms. The summed E-state index contributed by atoms with van der Waals surface area (Å²) in [5, 5.41) is 0. The molecule has 1 amide bonds. The predicted molar refractivity (Wildman–Crippen MR) is 76.2 cm³/mol. The van der Waals surface area contributed by atoms with E-state index in [0.717, 1.165) is 25.2 Å². The van der Waals surface area contributed by atoms with Crippen LogP contribution in [0.1, 0.15) is 59.3 Å². The monoisotopic (exact) mass is 254 g/mol. The highest BCUT2D eigenvalue weighted by atomic mass is 16.2. The summed E-state index contributed by atoms with van der Waals surface area (Å²) in [6.07, 6.45) is 7.05. The van der Waals surface area contributed by atoms with Crippen LogP contribution in [0.15, 0.2) is 0 Å². The van der Waals surface area contributed by atoms with Gasteiger partial charge in [-0.05, 0) is 37.5 Å². The van der Waals surface area contributed by atoms with Crippen molar-refractivity contribution in [3.8, 4) is 0 Å². The van der Waals surface area contributed by atoms with Crippen LogP contribution in [0.3, 0.4) is 0 Å². The van der Waals surface area contributed by atoms with Gasteiger partial charge in [0.25, 0.3) is 0 Å². The smallest absolute Gasteiger partial charge is 0.239 e. The quantitative estimate of drug-likeness (QED) is 0.820. The molecule has 0 saturated heterocycles. The highest BCUT2D eigenvalue weighted by molar-refractivity contribution is 5.82. The van der Waals surface area contributed by atoms with Crippen molar-refractivity contribution < 1.29 is 4.79 Å². The van der Waals surface area contributed by atoms with E-state index < -0.39 is 0 Å². The van der Waals surface area contributed by atoms with Crippen molar-refractivity contribution in [2.75, 3.05) is 7.05 Å². The van der Waals surface area contributed by atoms with Gasteiger partial charge in [0.2, 0.25) is 5.91 Å². The highest BCUT2D eigenvalue weighted by Gasteiger charge is 2.29. The second-order valence-corrected chi connectivity index (χ2v) is 5.94. The number of carbonyl (C=O) groups excluding carboxylic acids is 1. The Balaban J connectivity index is 2.49. The number of hydrogen-bond donors (Lipinski definition) is 1. The Morgan fingerprint density at radius 1 is 1.28 bits per heavy atom. The van der Waals surface area contributed by atoms with E-state index in [9.17, 15) is 4.79 Å². The number of likely N-dealkylation sites (N-methyl/N-ethyl adjacent to an activating group) is 1. The molecule has 1 aliphatic carbocycles. The summed E-state index contributed by atoms with van der Waals surface area (Å²) in [5.74, 6) is 1.27. The van der Waals surface area contributed by atoms with Gasteiger partial charge < -0.3 is 10.6 Å². The van der Waals surface area contributed by atoms with Gasteiger partial charge in [0, 0.05) is 13.1 Å². The number of nitrogens with two attached hydrogens (primary N) is 1. The minimum absolute atomic E-state index is 0.129. The van der Waals surface area contributed by atoms with E-state index in [1.54, 1.807) is 0 Å². The first kappa shape index (κ1) is 15.5. The molecule has 2 N–H and O–H groups in total. The molecule has 0 aromatic carbocycles. The summed E-state index contributed by atoms with van der Waals surface area (Å²) in [6, 6.07) is 0.0827. The summed E-state index contributed by atoms with van der Waals surface area (Å²) < 4.78 is 0. The van der Waals surface area contributed by atoms with Gasteiger partial charge in [-0.15, -0.1) is 0 Å². The van der Waals surface area contributed by atoms with E-state index in [2.05, 4.69) is 20.8 Å².